The van der Waals surface area contributed by atoms with Crippen molar-refractivity contribution in [3.8, 4) is 0 Å². The SMILES string of the molecule is C[CH]CCC(=O)OCc1ccccc1. The van der Waals surface area contributed by atoms with Crippen molar-refractivity contribution in [1.29, 1.82) is 0 Å². The van der Waals surface area contributed by atoms with E-state index in [-0.39, 0.29) is 5.97 Å². The normalized spacial score (nSPS) is 9.79. The number of hydrogen-bond acceptors (Lipinski definition) is 2. The average Bonchev–Trinajstić information content (AvgIpc) is 2.25. The van der Waals surface area contributed by atoms with Gasteiger partial charge in [-0.3, -0.25) is 4.79 Å². The maximum atomic E-state index is 11.1. The third kappa shape index (κ3) is 4.08. The molecule has 0 saturated carbocycles. The molecule has 0 unspecified atom stereocenters. The second-order valence-electron chi connectivity index (χ2n) is 3.09. The van der Waals surface area contributed by atoms with Gasteiger partial charge in [0.2, 0.25) is 0 Å². The molecular formula is C12H15O2. The van der Waals surface area contributed by atoms with Gasteiger partial charge in [0, 0.05) is 6.42 Å². The molecule has 1 aromatic rings. The molecule has 0 aliphatic rings. The highest BCUT2D eigenvalue weighted by Crippen LogP contribution is 2.03. The molecule has 0 spiro atoms. The molecule has 0 heterocycles. The first-order chi connectivity index (χ1) is 6.83. The van der Waals surface area contributed by atoms with Gasteiger partial charge >= 0.3 is 5.97 Å². The van der Waals surface area contributed by atoms with Crippen LogP contribution in [0.5, 0.6) is 0 Å². The lowest BCUT2D eigenvalue weighted by molar-refractivity contribution is -0.144. The Hall–Kier alpha value is -1.31. The van der Waals surface area contributed by atoms with E-state index in [1.54, 1.807) is 0 Å². The van der Waals surface area contributed by atoms with Crippen LogP contribution in [0.1, 0.15) is 25.3 Å². The number of benzene rings is 1. The Morgan fingerprint density at radius 1 is 1.36 bits per heavy atom. The number of esters is 1. The number of unbranched alkanes of at least 4 members (excludes halogenated alkanes) is 1. The van der Waals surface area contributed by atoms with Gasteiger partial charge in [0.25, 0.3) is 0 Å². The predicted molar refractivity (Wildman–Crippen MR) is 55.4 cm³/mol. The summed E-state index contributed by atoms with van der Waals surface area (Å²) in [7, 11) is 0. The molecule has 0 bridgehead atoms. The lowest BCUT2D eigenvalue weighted by atomic mass is 10.2. The molecule has 0 aliphatic heterocycles. The summed E-state index contributed by atoms with van der Waals surface area (Å²) in [5.41, 5.74) is 1.03. The molecule has 0 saturated heterocycles. The third-order valence-corrected chi connectivity index (χ3v) is 1.88. The van der Waals surface area contributed by atoms with Crippen molar-refractivity contribution in [2.24, 2.45) is 0 Å². The van der Waals surface area contributed by atoms with Crippen LogP contribution in [-0.2, 0) is 16.1 Å². The van der Waals surface area contributed by atoms with Crippen LogP contribution < -0.4 is 0 Å². The fourth-order valence-corrected chi connectivity index (χ4v) is 1.07. The minimum atomic E-state index is -0.132. The summed E-state index contributed by atoms with van der Waals surface area (Å²) in [5, 5.41) is 0. The van der Waals surface area contributed by atoms with Crippen LogP contribution >= 0.6 is 0 Å². The van der Waals surface area contributed by atoms with Crippen LogP contribution in [0.4, 0.5) is 0 Å². The summed E-state index contributed by atoms with van der Waals surface area (Å²) in [6.07, 6.45) is 3.22. The van der Waals surface area contributed by atoms with Crippen LogP contribution in [0.2, 0.25) is 0 Å². The number of carbonyl (C=O) groups excluding carboxylic acids is 1. The summed E-state index contributed by atoms with van der Waals surface area (Å²) in [6.45, 7) is 2.31. The van der Waals surface area contributed by atoms with E-state index >= 15 is 0 Å². The molecule has 0 atom stereocenters. The largest absolute Gasteiger partial charge is 0.461 e. The Morgan fingerprint density at radius 2 is 2.07 bits per heavy atom. The van der Waals surface area contributed by atoms with E-state index in [1.807, 2.05) is 43.7 Å². The Balaban J connectivity index is 2.24. The van der Waals surface area contributed by atoms with Crippen molar-refractivity contribution in [3.63, 3.8) is 0 Å². The summed E-state index contributed by atoms with van der Waals surface area (Å²) >= 11 is 0. The van der Waals surface area contributed by atoms with Crippen molar-refractivity contribution >= 4 is 5.97 Å². The second kappa shape index (κ2) is 6.19. The zero-order valence-corrected chi connectivity index (χ0v) is 8.40. The zero-order chi connectivity index (χ0) is 10.2. The van der Waals surface area contributed by atoms with Crippen LogP contribution in [0.15, 0.2) is 30.3 Å². The van der Waals surface area contributed by atoms with Crippen LogP contribution in [0.25, 0.3) is 0 Å². The van der Waals surface area contributed by atoms with Crippen LogP contribution in [0, 0.1) is 6.42 Å². The van der Waals surface area contributed by atoms with E-state index in [9.17, 15) is 4.79 Å². The van der Waals surface area contributed by atoms with Gasteiger partial charge in [0.05, 0.1) is 0 Å². The monoisotopic (exact) mass is 191 g/mol. The standard InChI is InChI=1S/C12H15O2/c1-2-3-9-12(13)14-10-11-7-5-4-6-8-11/h2,4-8H,3,9-10H2,1H3. The fraction of sp³-hybridized carbons (Fsp3) is 0.333. The molecule has 1 radical (unpaired) electrons. The van der Waals surface area contributed by atoms with E-state index in [1.165, 1.54) is 0 Å². The molecule has 0 aliphatic carbocycles. The smallest absolute Gasteiger partial charge is 0.306 e. The lowest BCUT2D eigenvalue weighted by Crippen LogP contribution is -2.03. The van der Waals surface area contributed by atoms with Gasteiger partial charge in [-0.25, -0.2) is 0 Å². The van der Waals surface area contributed by atoms with E-state index in [4.69, 9.17) is 4.74 Å². The summed E-state index contributed by atoms with van der Waals surface area (Å²) in [5.74, 6) is -0.132. The number of carbonyl (C=O) groups is 1. The highest BCUT2D eigenvalue weighted by molar-refractivity contribution is 5.69. The highest BCUT2D eigenvalue weighted by Gasteiger charge is 2.01. The molecule has 2 nitrogen and oxygen atoms in total. The molecule has 75 valence electrons. The molecule has 0 amide bonds. The topological polar surface area (TPSA) is 26.3 Å². The molecule has 0 aromatic heterocycles. The van der Waals surface area contributed by atoms with Gasteiger partial charge in [-0.05, 0) is 18.4 Å². The van der Waals surface area contributed by atoms with Gasteiger partial charge < -0.3 is 4.74 Å². The van der Waals surface area contributed by atoms with E-state index in [0.717, 1.165) is 12.0 Å². The first-order valence-electron chi connectivity index (χ1n) is 4.80. The predicted octanol–water partition coefficient (Wildman–Crippen LogP) is 2.73. The van der Waals surface area contributed by atoms with E-state index in [0.29, 0.717) is 13.0 Å². The lowest BCUT2D eigenvalue weighted by Gasteiger charge is -2.03. The Bertz CT molecular complexity index is 267. The van der Waals surface area contributed by atoms with Crippen LogP contribution in [-0.4, -0.2) is 5.97 Å². The van der Waals surface area contributed by atoms with Crippen LogP contribution in [0.3, 0.4) is 0 Å². The van der Waals surface area contributed by atoms with Crippen molar-refractivity contribution in [2.75, 3.05) is 0 Å². The molecular weight excluding hydrogens is 176 g/mol. The van der Waals surface area contributed by atoms with Gasteiger partial charge in [0.1, 0.15) is 6.61 Å². The Morgan fingerprint density at radius 3 is 2.71 bits per heavy atom. The molecule has 14 heavy (non-hydrogen) atoms. The minimum absolute atomic E-state index is 0.132. The average molecular weight is 191 g/mol. The quantitative estimate of drug-likeness (QED) is 0.669. The maximum Gasteiger partial charge on any atom is 0.306 e. The summed E-state index contributed by atoms with van der Waals surface area (Å²) in [6, 6.07) is 9.70. The van der Waals surface area contributed by atoms with E-state index < -0.39 is 0 Å². The van der Waals surface area contributed by atoms with Gasteiger partial charge in [0.15, 0.2) is 0 Å². The van der Waals surface area contributed by atoms with Crippen molar-refractivity contribution in [3.05, 3.63) is 42.3 Å². The molecule has 2 heteroatoms. The molecule has 1 rings (SSSR count). The summed E-state index contributed by atoms with van der Waals surface area (Å²) < 4.78 is 5.07. The van der Waals surface area contributed by atoms with E-state index in [2.05, 4.69) is 0 Å². The Labute approximate surface area is 84.9 Å². The first kappa shape index (κ1) is 10.8. The Kier molecular flexibility index (Phi) is 4.76. The molecule has 1 aromatic carbocycles. The minimum Gasteiger partial charge on any atom is -0.461 e. The van der Waals surface area contributed by atoms with Crippen molar-refractivity contribution < 1.29 is 9.53 Å². The molecule has 0 N–H and O–H groups in total. The second-order valence-corrected chi connectivity index (χ2v) is 3.09. The zero-order valence-electron chi connectivity index (χ0n) is 8.40. The van der Waals surface area contributed by atoms with Crippen molar-refractivity contribution in [1.82, 2.24) is 0 Å². The van der Waals surface area contributed by atoms with Gasteiger partial charge in [-0.15, -0.1) is 0 Å². The maximum absolute atomic E-state index is 11.1. The number of hydrogen-bond donors (Lipinski definition) is 0. The highest BCUT2D eigenvalue weighted by atomic mass is 16.5. The first-order valence-corrected chi connectivity index (χ1v) is 4.80. The van der Waals surface area contributed by atoms with Gasteiger partial charge in [-0.2, -0.15) is 0 Å². The fourth-order valence-electron chi connectivity index (χ4n) is 1.07. The number of ether oxygens (including phenoxy) is 1. The molecule has 0 fully saturated rings. The number of rotatable bonds is 5. The third-order valence-electron chi connectivity index (χ3n) is 1.88. The van der Waals surface area contributed by atoms with Crippen molar-refractivity contribution in [2.45, 2.75) is 26.4 Å². The van der Waals surface area contributed by atoms with Gasteiger partial charge in [-0.1, -0.05) is 37.3 Å². The summed E-state index contributed by atoms with van der Waals surface area (Å²) in [4.78, 5) is 11.1.